The number of carbonyl (C=O) groups is 1. The van der Waals surface area contributed by atoms with Crippen LogP contribution < -0.4 is 0 Å². The van der Waals surface area contributed by atoms with E-state index in [0.29, 0.717) is 11.4 Å². The fraction of sp³-hybridized carbons (Fsp3) is 0.188. The van der Waals surface area contributed by atoms with Crippen LogP contribution >= 0.6 is 0 Å². The third-order valence-corrected chi connectivity index (χ3v) is 3.52. The number of imidazole rings is 1. The van der Waals surface area contributed by atoms with Crippen molar-refractivity contribution in [3.63, 3.8) is 0 Å². The molecule has 1 aliphatic rings. The molecule has 0 saturated heterocycles. The molecule has 1 aliphatic carbocycles. The number of fused-ring (bicyclic) bond motifs is 1. The highest BCUT2D eigenvalue weighted by Gasteiger charge is 2.24. The van der Waals surface area contributed by atoms with E-state index < -0.39 is 18.1 Å². The van der Waals surface area contributed by atoms with Crippen LogP contribution in [0, 0.1) is 0 Å². The number of carboxylic acids is 1. The second kappa shape index (κ2) is 5.95. The fourth-order valence-corrected chi connectivity index (χ4v) is 2.43. The lowest BCUT2D eigenvalue weighted by molar-refractivity contribution is -0.138. The van der Waals surface area contributed by atoms with Crippen molar-refractivity contribution in [2.75, 3.05) is 0 Å². The summed E-state index contributed by atoms with van der Waals surface area (Å²) in [7, 11) is 0. The number of aliphatic imine (C=N–C) groups is 1. The Kier molecular flexibility index (Phi) is 3.84. The second-order valence-corrected chi connectivity index (χ2v) is 5.04. The predicted octanol–water partition coefficient (Wildman–Crippen LogP) is 1.28. The molecule has 22 heavy (non-hydrogen) atoms. The number of hydrogen-bond donors (Lipinski definition) is 3. The van der Waals surface area contributed by atoms with Gasteiger partial charge >= 0.3 is 5.97 Å². The molecule has 1 aromatic carbocycles. The van der Waals surface area contributed by atoms with Gasteiger partial charge in [-0.15, -0.1) is 0 Å². The first-order valence-electron chi connectivity index (χ1n) is 6.88. The van der Waals surface area contributed by atoms with E-state index in [9.17, 15) is 15.0 Å². The first-order chi connectivity index (χ1) is 10.6. The van der Waals surface area contributed by atoms with E-state index in [0.717, 1.165) is 11.1 Å². The summed E-state index contributed by atoms with van der Waals surface area (Å²) in [4.78, 5) is 22.5. The van der Waals surface area contributed by atoms with E-state index in [2.05, 4.69) is 15.0 Å². The molecule has 1 aromatic heterocycles. The van der Waals surface area contributed by atoms with Crippen molar-refractivity contribution in [2.24, 2.45) is 4.99 Å². The van der Waals surface area contributed by atoms with Gasteiger partial charge in [-0.1, -0.05) is 30.3 Å². The summed E-state index contributed by atoms with van der Waals surface area (Å²) >= 11 is 0. The summed E-state index contributed by atoms with van der Waals surface area (Å²) in [5.74, 6) is -1.04. The van der Waals surface area contributed by atoms with Gasteiger partial charge in [-0.3, -0.25) is 4.99 Å². The number of aromatic nitrogens is 2. The van der Waals surface area contributed by atoms with E-state index in [4.69, 9.17) is 0 Å². The van der Waals surface area contributed by atoms with Crippen molar-refractivity contribution in [3.8, 4) is 0 Å². The minimum absolute atomic E-state index is 0.192. The van der Waals surface area contributed by atoms with E-state index >= 15 is 0 Å². The van der Waals surface area contributed by atoms with Gasteiger partial charge in [0.2, 0.25) is 0 Å². The van der Waals surface area contributed by atoms with Gasteiger partial charge in [-0.2, -0.15) is 0 Å². The largest absolute Gasteiger partial charge is 0.480 e. The summed E-state index contributed by atoms with van der Waals surface area (Å²) in [5.41, 5.74) is 2.74. The number of nitrogens with zero attached hydrogens (tertiary/aromatic N) is 2. The number of aliphatic carboxylic acids is 1. The molecule has 2 aromatic rings. The molecule has 0 radical (unpaired) electrons. The lowest BCUT2D eigenvalue weighted by Crippen LogP contribution is -2.29. The second-order valence-electron chi connectivity index (χ2n) is 5.04. The van der Waals surface area contributed by atoms with Gasteiger partial charge in [0.1, 0.15) is 6.10 Å². The number of aromatic amines is 1. The molecule has 0 fully saturated rings. The van der Waals surface area contributed by atoms with E-state index in [-0.39, 0.29) is 6.42 Å². The van der Waals surface area contributed by atoms with Crippen LogP contribution in [0.25, 0.3) is 6.08 Å². The zero-order chi connectivity index (χ0) is 15.5. The summed E-state index contributed by atoms with van der Waals surface area (Å²) in [6.07, 6.45) is 5.77. The van der Waals surface area contributed by atoms with Crippen molar-refractivity contribution in [1.82, 2.24) is 9.97 Å². The minimum Gasteiger partial charge on any atom is -0.480 e. The molecule has 2 atom stereocenters. The van der Waals surface area contributed by atoms with Crippen molar-refractivity contribution >= 4 is 17.8 Å². The lowest BCUT2D eigenvalue weighted by Gasteiger charge is -2.19. The number of nitrogens with one attached hydrogen (secondary N) is 1. The van der Waals surface area contributed by atoms with Gasteiger partial charge in [-0.05, 0) is 11.6 Å². The van der Waals surface area contributed by atoms with Gasteiger partial charge in [0.05, 0.1) is 12.0 Å². The monoisotopic (exact) mass is 297 g/mol. The van der Waals surface area contributed by atoms with Crippen LogP contribution in [0.1, 0.15) is 16.8 Å². The summed E-state index contributed by atoms with van der Waals surface area (Å²) < 4.78 is 0. The number of rotatable bonds is 4. The quantitative estimate of drug-likeness (QED) is 0.791. The first kappa shape index (κ1) is 14.2. The number of aliphatic hydroxyl groups is 1. The summed E-state index contributed by atoms with van der Waals surface area (Å²) in [5, 5.41) is 19.5. The Bertz CT molecular complexity index is 735. The molecule has 1 heterocycles. The van der Waals surface area contributed by atoms with Crippen molar-refractivity contribution in [2.45, 2.75) is 18.6 Å². The highest BCUT2D eigenvalue weighted by Crippen LogP contribution is 2.21. The summed E-state index contributed by atoms with van der Waals surface area (Å²) in [6, 6.07) is 6.47. The molecule has 0 bridgehead atoms. The van der Waals surface area contributed by atoms with Crippen LogP contribution in [0.3, 0.4) is 0 Å². The maximum absolute atomic E-state index is 11.5. The van der Waals surface area contributed by atoms with Crippen molar-refractivity contribution < 1.29 is 15.0 Å². The van der Waals surface area contributed by atoms with E-state index in [1.54, 1.807) is 12.3 Å². The Labute approximate surface area is 126 Å². The number of H-pyrrole nitrogens is 1. The molecular weight excluding hydrogens is 282 g/mol. The lowest BCUT2D eigenvalue weighted by atomic mass is 9.93. The molecule has 0 amide bonds. The van der Waals surface area contributed by atoms with Crippen LogP contribution in [0.5, 0.6) is 0 Å². The highest BCUT2D eigenvalue weighted by molar-refractivity contribution is 6.10. The number of hydrogen-bond acceptors (Lipinski definition) is 4. The average Bonchev–Trinajstić information content (AvgIpc) is 3.02. The van der Waals surface area contributed by atoms with E-state index in [1.165, 1.54) is 6.33 Å². The standard InChI is InChI=1S/C16H15N3O3/c20-14-6-5-10-3-1-2-4-12(10)15(14)19-13(16(21)22)7-11-8-17-9-18-11/h1-6,8-9,13-14,20H,7H2,(H,17,18)(H,21,22)/t13-,14?/m0/s1. The zero-order valence-corrected chi connectivity index (χ0v) is 11.7. The van der Waals surface area contributed by atoms with Gasteiger partial charge in [0.15, 0.2) is 6.04 Å². The van der Waals surface area contributed by atoms with Crippen LogP contribution in [-0.2, 0) is 11.2 Å². The molecule has 112 valence electrons. The molecule has 1 unspecified atom stereocenters. The maximum Gasteiger partial charge on any atom is 0.328 e. The Morgan fingerprint density at radius 1 is 1.41 bits per heavy atom. The van der Waals surface area contributed by atoms with Crippen molar-refractivity contribution in [1.29, 1.82) is 0 Å². The molecule has 0 aliphatic heterocycles. The van der Waals surface area contributed by atoms with Crippen LogP contribution in [0.4, 0.5) is 0 Å². The van der Waals surface area contributed by atoms with Crippen LogP contribution in [0.15, 0.2) is 47.9 Å². The minimum atomic E-state index is -1.04. The molecule has 6 heteroatoms. The van der Waals surface area contributed by atoms with Crippen molar-refractivity contribution in [3.05, 3.63) is 59.7 Å². The molecule has 3 N–H and O–H groups in total. The predicted molar refractivity (Wildman–Crippen MR) is 81.7 cm³/mol. The zero-order valence-electron chi connectivity index (χ0n) is 11.7. The third-order valence-electron chi connectivity index (χ3n) is 3.52. The fourth-order valence-electron chi connectivity index (χ4n) is 2.43. The normalized spacial score (nSPS) is 19.9. The van der Waals surface area contributed by atoms with Gasteiger partial charge in [0, 0.05) is 23.9 Å². The number of benzene rings is 1. The Balaban J connectivity index is 1.97. The average molecular weight is 297 g/mol. The molecule has 6 nitrogen and oxygen atoms in total. The Morgan fingerprint density at radius 2 is 2.23 bits per heavy atom. The third kappa shape index (κ3) is 2.82. The summed E-state index contributed by atoms with van der Waals surface area (Å²) in [6.45, 7) is 0. The highest BCUT2D eigenvalue weighted by atomic mass is 16.4. The first-order valence-corrected chi connectivity index (χ1v) is 6.88. The molecule has 3 rings (SSSR count). The van der Waals surface area contributed by atoms with E-state index in [1.807, 2.05) is 30.3 Å². The van der Waals surface area contributed by atoms with Gasteiger partial charge in [0.25, 0.3) is 0 Å². The Morgan fingerprint density at radius 3 is 2.95 bits per heavy atom. The molecule has 0 saturated carbocycles. The Hall–Kier alpha value is -2.73. The molecule has 0 spiro atoms. The van der Waals surface area contributed by atoms with Gasteiger partial charge < -0.3 is 15.2 Å². The van der Waals surface area contributed by atoms with Crippen LogP contribution in [-0.4, -0.2) is 44.0 Å². The SMILES string of the molecule is O=C(O)[C@H](Cc1cnc[nH]1)N=C1c2ccccc2C=CC1O. The molecular formula is C16H15N3O3. The van der Waals surface area contributed by atoms with Crippen LogP contribution in [0.2, 0.25) is 0 Å². The topological polar surface area (TPSA) is 98.6 Å². The van der Waals surface area contributed by atoms with Gasteiger partial charge in [-0.25, -0.2) is 9.78 Å². The maximum atomic E-state index is 11.5. The number of carboxylic acid groups (broad SMARTS) is 1. The smallest absolute Gasteiger partial charge is 0.328 e. The number of aliphatic hydroxyl groups excluding tert-OH is 1.